The monoisotopic (exact) mass is 301 g/mol. The lowest BCUT2D eigenvalue weighted by Crippen LogP contribution is -2.50. The number of rotatable bonds is 9. The van der Waals surface area contributed by atoms with E-state index >= 15 is 0 Å². The van der Waals surface area contributed by atoms with Gasteiger partial charge in [0, 0.05) is 12.1 Å². The summed E-state index contributed by atoms with van der Waals surface area (Å²) in [4.78, 5) is 0. The average molecular weight is 302 g/mol. The van der Waals surface area contributed by atoms with E-state index in [1.807, 2.05) is 26.0 Å². The Balaban J connectivity index is 2.41. The molecule has 1 unspecified atom stereocenters. The molecule has 1 aromatic carbocycles. The average Bonchev–Trinajstić information content (AvgIpc) is 2.48. The zero-order valence-electron chi connectivity index (χ0n) is 12.1. The van der Waals surface area contributed by atoms with Crippen molar-refractivity contribution in [3.05, 3.63) is 29.3 Å². The third kappa shape index (κ3) is 4.94. The minimum atomic E-state index is -0.657. The fourth-order valence-corrected chi connectivity index (χ4v) is 2.11. The Labute approximate surface area is 125 Å². The number of halogens is 1. The number of aliphatic hydroxyl groups is 2. The molecule has 0 spiro atoms. The number of aliphatic hydroxyl groups excluding tert-OH is 2. The molecule has 0 aliphatic carbocycles. The van der Waals surface area contributed by atoms with Crippen LogP contribution in [0.25, 0.3) is 0 Å². The summed E-state index contributed by atoms with van der Waals surface area (Å²) < 4.78 is 5.48. The maximum absolute atomic E-state index is 9.94. The third-order valence-electron chi connectivity index (χ3n) is 3.64. The van der Waals surface area contributed by atoms with Crippen LogP contribution >= 0.6 is 11.6 Å². The molecule has 0 radical (unpaired) electrons. The molecule has 0 bridgehead atoms. The predicted octanol–water partition coefficient (Wildman–Crippen LogP) is 2.22. The van der Waals surface area contributed by atoms with Crippen LogP contribution < -0.4 is 10.1 Å². The number of para-hydroxylation sites is 1. The first-order valence-corrected chi connectivity index (χ1v) is 7.36. The van der Waals surface area contributed by atoms with Crippen molar-refractivity contribution in [3.63, 3.8) is 0 Å². The predicted molar refractivity (Wildman–Crippen MR) is 81.4 cm³/mol. The van der Waals surface area contributed by atoms with E-state index in [9.17, 15) is 10.2 Å². The minimum Gasteiger partial charge on any atom is -0.489 e. The Bertz CT molecular complexity index is 388. The van der Waals surface area contributed by atoms with E-state index in [2.05, 4.69) is 5.32 Å². The molecule has 1 aromatic rings. The Morgan fingerprint density at radius 1 is 1.30 bits per heavy atom. The van der Waals surface area contributed by atoms with Gasteiger partial charge in [-0.25, -0.2) is 0 Å². The van der Waals surface area contributed by atoms with Gasteiger partial charge in [0.05, 0.1) is 11.6 Å². The highest BCUT2D eigenvalue weighted by molar-refractivity contribution is 6.32. The van der Waals surface area contributed by atoms with Gasteiger partial charge in [0.1, 0.15) is 18.5 Å². The van der Waals surface area contributed by atoms with Gasteiger partial charge in [0.2, 0.25) is 0 Å². The lowest BCUT2D eigenvalue weighted by atomic mass is 9.94. The van der Waals surface area contributed by atoms with Crippen LogP contribution in [0.4, 0.5) is 0 Å². The van der Waals surface area contributed by atoms with Crippen molar-refractivity contribution in [3.8, 4) is 5.75 Å². The number of ether oxygens (including phenoxy) is 1. The van der Waals surface area contributed by atoms with Crippen molar-refractivity contribution in [1.82, 2.24) is 5.32 Å². The topological polar surface area (TPSA) is 61.7 Å². The first-order valence-electron chi connectivity index (χ1n) is 6.98. The van der Waals surface area contributed by atoms with Crippen LogP contribution in [-0.4, -0.2) is 41.6 Å². The maximum Gasteiger partial charge on any atom is 0.138 e. The van der Waals surface area contributed by atoms with Gasteiger partial charge in [-0.15, -0.1) is 0 Å². The maximum atomic E-state index is 9.94. The summed E-state index contributed by atoms with van der Waals surface area (Å²) in [5.74, 6) is 0.563. The lowest BCUT2D eigenvalue weighted by molar-refractivity contribution is 0.0813. The summed E-state index contributed by atoms with van der Waals surface area (Å²) in [5, 5.41) is 23.1. The van der Waals surface area contributed by atoms with Crippen molar-refractivity contribution in [1.29, 1.82) is 0 Å². The molecule has 114 valence electrons. The van der Waals surface area contributed by atoms with Crippen molar-refractivity contribution < 1.29 is 14.9 Å². The van der Waals surface area contributed by atoms with Crippen molar-refractivity contribution in [2.75, 3.05) is 19.8 Å². The van der Waals surface area contributed by atoms with Crippen LogP contribution in [0.15, 0.2) is 24.3 Å². The quantitative estimate of drug-likeness (QED) is 0.654. The molecule has 0 heterocycles. The summed E-state index contributed by atoms with van der Waals surface area (Å²) in [7, 11) is 0. The second kappa shape index (κ2) is 8.47. The number of nitrogens with one attached hydrogen (secondary N) is 1. The van der Waals surface area contributed by atoms with E-state index in [1.54, 1.807) is 12.1 Å². The highest BCUT2D eigenvalue weighted by Crippen LogP contribution is 2.23. The Morgan fingerprint density at radius 3 is 2.50 bits per heavy atom. The summed E-state index contributed by atoms with van der Waals surface area (Å²) in [5.41, 5.74) is -0.328. The number of hydrogen-bond acceptors (Lipinski definition) is 4. The molecule has 5 heteroatoms. The Kier molecular flexibility index (Phi) is 7.30. The zero-order valence-corrected chi connectivity index (χ0v) is 12.9. The molecule has 0 saturated heterocycles. The van der Waals surface area contributed by atoms with E-state index in [0.29, 0.717) is 17.3 Å². The molecule has 3 N–H and O–H groups in total. The zero-order chi connectivity index (χ0) is 15.0. The standard InChI is InChI=1S/C15H24ClNO3/c1-3-15(4-2,11-18)17-9-12(19)10-20-14-8-6-5-7-13(14)16/h5-8,12,17-19H,3-4,9-11H2,1-2H3. The minimum absolute atomic E-state index is 0.0537. The van der Waals surface area contributed by atoms with Crippen molar-refractivity contribution in [2.45, 2.75) is 38.3 Å². The van der Waals surface area contributed by atoms with E-state index < -0.39 is 6.10 Å². The number of hydrogen-bond donors (Lipinski definition) is 3. The highest BCUT2D eigenvalue weighted by Gasteiger charge is 2.25. The number of benzene rings is 1. The summed E-state index contributed by atoms with van der Waals surface area (Å²) in [6.07, 6.45) is 0.950. The van der Waals surface area contributed by atoms with Crippen LogP contribution in [0.1, 0.15) is 26.7 Å². The van der Waals surface area contributed by atoms with Gasteiger partial charge in [-0.2, -0.15) is 0 Å². The van der Waals surface area contributed by atoms with E-state index in [-0.39, 0.29) is 18.8 Å². The molecule has 1 rings (SSSR count). The van der Waals surface area contributed by atoms with Gasteiger partial charge in [-0.3, -0.25) is 0 Å². The molecular weight excluding hydrogens is 278 g/mol. The van der Waals surface area contributed by atoms with Gasteiger partial charge in [-0.1, -0.05) is 37.6 Å². The van der Waals surface area contributed by atoms with Crippen molar-refractivity contribution >= 4 is 11.6 Å². The smallest absolute Gasteiger partial charge is 0.138 e. The molecule has 0 aliphatic rings. The van der Waals surface area contributed by atoms with E-state index in [1.165, 1.54) is 0 Å². The molecule has 20 heavy (non-hydrogen) atoms. The van der Waals surface area contributed by atoms with E-state index in [0.717, 1.165) is 12.8 Å². The van der Waals surface area contributed by atoms with Crippen LogP contribution in [0.5, 0.6) is 5.75 Å². The molecule has 0 amide bonds. The molecule has 0 fully saturated rings. The molecule has 4 nitrogen and oxygen atoms in total. The SMILES string of the molecule is CCC(CC)(CO)NCC(O)COc1ccccc1Cl. The molecule has 1 atom stereocenters. The normalized spacial score (nSPS) is 13.2. The second-order valence-electron chi connectivity index (χ2n) is 4.92. The lowest BCUT2D eigenvalue weighted by Gasteiger charge is -2.32. The molecule has 0 aliphatic heterocycles. The third-order valence-corrected chi connectivity index (χ3v) is 3.95. The fraction of sp³-hybridized carbons (Fsp3) is 0.600. The van der Waals surface area contributed by atoms with Crippen LogP contribution in [0, 0.1) is 0 Å². The van der Waals surface area contributed by atoms with Gasteiger partial charge in [0.25, 0.3) is 0 Å². The highest BCUT2D eigenvalue weighted by atomic mass is 35.5. The van der Waals surface area contributed by atoms with E-state index in [4.69, 9.17) is 16.3 Å². The summed E-state index contributed by atoms with van der Waals surface area (Å²) >= 11 is 5.97. The van der Waals surface area contributed by atoms with Crippen LogP contribution in [-0.2, 0) is 0 Å². The number of β-amino-alcohol motifs (C(OH)–C–C–N with tert-alkyl or cyclic N) is 1. The summed E-state index contributed by atoms with van der Waals surface area (Å²) in [6, 6.07) is 7.16. The Hall–Kier alpha value is -0.810. The Morgan fingerprint density at radius 2 is 1.95 bits per heavy atom. The van der Waals surface area contributed by atoms with Crippen LogP contribution in [0.3, 0.4) is 0 Å². The second-order valence-corrected chi connectivity index (χ2v) is 5.33. The van der Waals surface area contributed by atoms with Gasteiger partial charge >= 0.3 is 0 Å². The molecule has 0 aromatic heterocycles. The molecule has 0 saturated carbocycles. The first-order chi connectivity index (χ1) is 9.56. The fourth-order valence-electron chi connectivity index (χ4n) is 1.92. The van der Waals surface area contributed by atoms with Crippen molar-refractivity contribution in [2.24, 2.45) is 0 Å². The van der Waals surface area contributed by atoms with Crippen LogP contribution in [0.2, 0.25) is 5.02 Å². The molecular formula is C15H24ClNO3. The first kappa shape index (κ1) is 17.2. The van der Waals surface area contributed by atoms with Gasteiger partial charge < -0.3 is 20.3 Å². The van der Waals surface area contributed by atoms with Gasteiger partial charge in [0.15, 0.2) is 0 Å². The van der Waals surface area contributed by atoms with Gasteiger partial charge in [-0.05, 0) is 25.0 Å². The summed E-state index contributed by atoms with van der Waals surface area (Å²) in [6.45, 7) is 4.61. The largest absolute Gasteiger partial charge is 0.489 e.